The van der Waals surface area contributed by atoms with Gasteiger partial charge in [-0.25, -0.2) is 4.79 Å². The second-order valence-corrected chi connectivity index (χ2v) is 4.52. The standard InChI is InChI=1S/C13H18N4O4/c1-8(18)9-3-2-4-10(5-9)16-13(21)17(6-11(14)19)7-12(15)20/h2-5,8,18H,6-7H2,1H3,(H2,14,19)(H2,15,20)(H,16,21). The van der Waals surface area contributed by atoms with Gasteiger partial charge in [-0.05, 0) is 24.6 Å². The second kappa shape index (κ2) is 7.25. The van der Waals surface area contributed by atoms with Gasteiger partial charge in [-0.3, -0.25) is 9.59 Å². The maximum absolute atomic E-state index is 12.0. The molecule has 0 fully saturated rings. The molecule has 0 aromatic heterocycles. The van der Waals surface area contributed by atoms with Crippen LogP contribution in [0.4, 0.5) is 10.5 Å². The molecule has 0 aliphatic carbocycles. The first-order valence-corrected chi connectivity index (χ1v) is 6.20. The summed E-state index contributed by atoms with van der Waals surface area (Å²) in [5, 5.41) is 12.0. The number of primary amides is 2. The van der Waals surface area contributed by atoms with Crippen molar-refractivity contribution in [2.75, 3.05) is 18.4 Å². The van der Waals surface area contributed by atoms with Gasteiger partial charge in [0.2, 0.25) is 11.8 Å². The van der Waals surface area contributed by atoms with Gasteiger partial charge < -0.3 is 26.8 Å². The van der Waals surface area contributed by atoms with Gasteiger partial charge >= 0.3 is 6.03 Å². The lowest BCUT2D eigenvalue weighted by atomic mass is 10.1. The quantitative estimate of drug-likeness (QED) is 0.564. The fraction of sp³-hybridized carbons (Fsp3) is 0.308. The number of anilines is 1. The van der Waals surface area contributed by atoms with Crippen molar-refractivity contribution in [3.05, 3.63) is 29.8 Å². The number of rotatable bonds is 6. The summed E-state index contributed by atoms with van der Waals surface area (Å²) in [6, 6.07) is 5.86. The van der Waals surface area contributed by atoms with Crippen LogP contribution in [0.3, 0.4) is 0 Å². The highest BCUT2D eigenvalue weighted by molar-refractivity contribution is 5.94. The highest BCUT2D eigenvalue weighted by atomic mass is 16.3. The maximum atomic E-state index is 12.0. The van der Waals surface area contributed by atoms with Crippen LogP contribution in [0.25, 0.3) is 0 Å². The number of aliphatic hydroxyl groups excluding tert-OH is 1. The maximum Gasteiger partial charge on any atom is 0.322 e. The lowest BCUT2D eigenvalue weighted by Crippen LogP contribution is -2.45. The summed E-state index contributed by atoms with van der Waals surface area (Å²) >= 11 is 0. The molecule has 0 aliphatic rings. The van der Waals surface area contributed by atoms with Gasteiger partial charge in [-0.2, -0.15) is 0 Å². The zero-order valence-electron chi connectivity index (χ0n) is 11.6. The Morgan fingerprint density at radius 1 is 1.24 bits per heavy atom. The number of urea groups is 1. The van der Waals surface area contributed by atoms with Gasteiger partial charge in [0.1, 0.15) is 13.1 Å². The second-order valence-electron chi connectivity index (χ2n) is 4.52. The SMILES string of the molecule is CC(O)c1cccc(NC(=O)N(CC(N)=O)CC(N)=O)c1. The molecule has 1 aromatic carbocycles. The zero-order valence-corrected chi connectivity index (χ0v) is 11.6. The third-order valence-corrected chi connectivity index (χ3v) is 2.60. The zero-order chi connectivity index (χ0) is 16.0. The summed E-state index contributed by atoms with van der Waals surface area (Å²) in [6.45, 7) is 0.739. The fourth-order valence-electron chi connectivity index (χ4n) is 1.65. The van der Waals surface area contributed by atoms with Crippen molar-refractivity contribution in [1.82, 2.24) is 4.90 Å². The van der Waals surface area contributed by atoms with Crippen LogP contribution in [-0.4, -0.2) is 40.9 Å². The Kier molecular flexibility index (Phi) is 5.67. The number of carbonyl (C=O) groups excluding carboxylic acids is 3. The monoisotopic (exact) mass is 294 g/mol. The third kappa shape index (κ3) is 5.49. The lowest BCUT2D eigenvalue weighted by molar-refractivity contribution is -0.120. The smallest absolute Gasteiger partial charge is 0.322 e. The molecule has 0 heterocycles. The molecule has 0 saturated heterocycles. The summed E-state index contributed by atoms with van der Waals surface area (Å²) in [6.07, 6.45) is -0.686. The van der Waals surface area contributed by atoms with Crippen LogP contribution in [0, 0.1) is 0 Å². The summed E-state index contributed by atoms with van der Waals surface area (Å²) in [4.78, 5) is 34.7. The van der Waals surface area contributed by atoms with Crippen LogP contribution in [-0.2, 0) is 9.59 Å². The van der Waals surface area contributed by atoms with E-state index in [1.165, 1.54) is 0 Å². The van der Waals surface area contributed by atoms with Crippen molar-refractivity contribution in [3.8, 4) is 0 Å². The average molecular weight is 294 g/mol. The molecule has 8 nitrogen and oxygen atoms in total. The van der Waals surface area contributed by atoms with Gasteiger partial charge in [0.05, 0.1) is 6.10 Å². The van der Waals surface area contributed by atoms with Crippen LogP contribution in [0.1, 0.15) is 18.6 Å². The van der Waals surface area contributed by atoms with Crippen molar-refractivity contribution in [2.45, 2.75) is 13.0 Å². The minimum atomic E-state index is -0.760. The van der Waals surface area contributed by atoms with Crippen LogP contribution < -0.4 is 16.8 Å². The molecule has 1 unspecified atom stereocenters. The van der Waals surface area contributed by atoms with Crippen LogP contribution in [0.15, 0.2) is 24.3 Å². The minimum Gasteiger partial charge on any atom is -0.389 e. The highest BCUT2D eigenvalue weighted by Crippen LogP contribution is 2.17. The molecule has 114 valence electrons. The Balaban J connectivity index is 2.82. The van der Waals surface area contributed by atoms with E-state index in [-0.39, 0.29) is 0 Å². The predicted octanol–water partition coefficient (Wildman–Crippen LogP) is -0.456. The number of carbonyl (C=O) groups is 3. The lowest BCUT2D eigenvalue weighted by Gasteiger charge is -2.20. The molecule has 0 aliphatic heterocycles. The van der Waals surface area contributed by atoms with Gasteiger partial charge in [0.25, 0.3) is 0 Å². The Bertz CT molecular complexity index is 529. The van der Waals surface area contributed by atoms with Crippen molar-refractivity contribution >= 4 is 23.5 Å². The van der Waals surface area contributed by atoms with E-state index >= 15 is 0 Å². The van der Waals surface area contributed by atoms with Crippen molar-refractivity contribution in [3.63, 3.8) is 0 Å². The van der Waals surface area contributed by atoms with E-state index in [0.29, 0.717) is 11.3 Å². The Morgan fingerprint density at radius 2 is 1.81 bits per heavy atom. The predicted molar refractivity (Wildman–Crippen MR) is 76.1 cm³/mol. The van der Waals surface area contributed by atoms with Crippen molar-refractivity contribution < 1.29 is 19.5 Å². The summed E-state index contributed by atoms with van der Waals surface area (Å²) < 4.78 is 0. The van der Waals surface area contributed by atoms with Crippen molar-refractivity contribution in [1.29, 1.82) is 0 Å². The largest absolute Gasteiger partial charge is 0.389 e. The van der Waals surface area contributed by atoms with Crippen LogP contribution in [0.2, 0.25) is 0 Å². The molecule has 0 bridgehead atoms. The topological polar surface area (TPSA) is 139 Å². The number of nitrogens with one attached hydrogen (secondary N) is 1. The minimum absolute atomic E-state index is 0.414. The normalized spacial score (nSPS) is 11.5. The number of nitrogens with two attached hydrogens (primary N) is 2. The number of nitrogens with zero attached hydrogens (tertiary/aromatic N) is 1. The van der Waals surface area contributed by atoms with E-state index in [0.717, 1.165) is 4.90 Å². The molecule has 6 N–H and O–H groups in total. The van der Waals surface area contributed by atoms with Gasteiger partial charge in [0.15, 0.2) is 0 Å². The van der Waals surface area contributed by atoms with E-state index in [1.54, 1.807) is 31.2 Å². The summed E-state index contributed by atoms with van der Waals surface area (Å²) in [5.41, 5.74) is 11.1. The van der Waals surface area contributed by atoms with E-state index < -0.39 is 37.0 Å². The summed E-state index contributed by atoms with van der Waals surface area (Å²) in [7, 11) is 0. The summed E-state index contributed by atoms with van der Waals surface area (Å²) in [5.74, 6) is -1.52. The number of amides is 4. The number of hydrogen-bond donors (Lipinski definition) is 4. The molecule has 1 aromatic rings. The first-order valence-electron chi connectivity index (χ1n) is 6.20. The van der Waals surface area contributed by atoms with E-state index in [2.05, 4.69) is 5.32 Å². The molecule has 0 spiro atoms. The van der Waals surface area contributed by atoms with Gasteiger partial charge in [-0.15, -0.1) is 0 Å². The molecule has 1 atom stereocenters. The van der Waals surface area contributed by atoms with Crippen LogP contribution >= 0.6 is 0 Å². The van der Waals surface area contributed by atoms with E-state index in [9.17, 15) is 19.5 Å². The fourth-order valence-corrected chi connectivity index (χ4v) is 1.65. The average Bonchev–Trinajstić information content (AvgIpc) is 2.37. The first-order chi connectivity index (χ1) is 9.79. The Hall–Kier alpha value is -2.61. The highest BCUT2D eigenvalue weighted by Gasteiger charge is 2.18. The molecule has 1 rings (SSSR count). The molecule has 8 heteroatoms. The molecular formula is C13H18N4O4. The van der Waals surface area contributed by atoms with E-state index in [1.807, 2.05) is 0 Å². The number of hydrogen-bond acceptors (Lipinski definition) is 4. The molecule has 0 saturated carbocycles. The molecule has 4 amide bonds. The van der Waals surface area contributed by atoms with Crippen molar-refractivity contribution in [2.24, 2.45) is 11.5 Å². The Morgan fingerprint density at radius 3 is 2.29 bits per heavy atom. The van der Waals surface area contributed by atoms with Gasteiger partial charge in [-0.1, -0.05) is 12.1 Å². The molecular weight excluding hydrogens is 276 g/mol. The first kappa shape index (κ1) is 16.4. The van der Waals surface area contributed by atoms with E-state index in [4.69, 9.17) is 11.5 Å². The Labute approximate surface area is 121 Å². The number of aliphatic hydroxyl groups is 1. The van der Waals surface area contributed by atoms with Crippen LogP contribution in [0.5, 0.6) is 0 Å². The molecule has 21 heavy (non-hydrogen) atoms. The third-order valence-electron chi connectivity index (χ3n) is 2.60. The number of benzene rings is 1. The van der Waals surface area contributed by atoms with Gasteiger partial charge in [0, 0.05) is 5.69 Å². The molecule has 0 radical (unpaired) electrons.